The third-order valence-corrected chi connectivity index (χ3v) is 6.04. The van der Waals surface area contributed by atoms with E-state index >= 15 is 0 Å². The molecule has 0 spiro atoms. The van der Waals surface area contributed by atoms with Crippen LogP contribution in [0.25, 0.3) is 0 Å². The number of fused-ring (bicyclic) bond motifs is 3. The summed E-state index contributed by atoms with van der Waals surface area (Å²) in [6.07, 6.45) is 9.22. The van der Waals surface area contributed by atoms with Crippen LogP contribution in [0.3, 0.4) is 0 Å². The minimum Gasteiger partial charge on any atom is -0.469 e. The van der Waals surface area contributed by atoms with Gasteiger partial charge in [-0.05, 0) is 25.0 Å². The highest BCUT2D eigenvalue weighted by atomic mass is 127. The first-order valence-electron chi connectivity index (χ1n) is 10.4. The molecule has 152 valence electrons. The van der Waals surface area contributed by atoms with E-state index in [0.29, 0.717) is 12.1 Å². The van der Waals surface area contributed by atoms with Crippen LogP contribution in [0, 0.1) is 0 Å². The molecule has 1 aliphatic carbocycles. The topological polar surface area (TPSA) is 56.0 Å². The largest absolute Gasteiger partial charge is 0.469 e. The molecule has 2 N–H and O–H groups in total. The van der Waals surface area contributed by atoms with E-state index in [1.54, 1.807) is 6.26 Å². The Morgan fingerprint density at radius 1 is 1.15 bits per heavy atom. The Bertz CT molecular complexity index is 565. The van der Waals surface area contributed by atoms with Crippen molar-refractivity contribution in [3.8, 4) is 0 Å². The zero-order valence-electron chi connectivity index (χ0n) is 16.2. The van der Waals surface area contributed by atoms with Crippen LogP contribution >= 0.6 is 24.0 Å². The molecule has 4 fully saturated rings. The minimum absolute atomic E-state index is 0. The van der Waals surface area contributed by atoms with Gasteiger partial charge in [-0.15, -0.1) is 24.0 Å². The van der Waals surface area contributed by atoms with Gasteiger partial charge >= 0.3 is 0 Å². The van der Waals surface area contributed by atoms with Gasteiger partial charge in [-0.2, -0.15) is 0 Å². The molecule has 0 amide bonds. The number of hydrogen-bond acceptors (Lipinski definition) is 4. The Labute approximate surface area is 180 Å². The van der Waals surface area contributed by atoms with Gasteiger partial charge in [0.05, 0.1) is 12.8 Å². The van der Waals surface area contributed by atoms with E-state index in [0.717, 1.165) is 31.2 Å². The van der Waals surface area contributed by atoms with E-state index in [-0.39, 0.29) is 24.0 Å². The third-order valence-electron chi connectivity index (χ3n) is 6.04. The van der Waals surface area contributed by atoms with Gasteiger partial charge < -0.3 is 15.1 Å². The van der Waals surface area contributed by atoms with Gasteiger partial charge in [-0.25, -0.2) is 0 Å². The van der Waals surface area contributed by atoms with Crippen molar-refractivity contribution in [2.24, 2.45) is 4.99 Å². The molecule has 1 saturated carbocycles. The summed E-state index contributed by atoms with van der Waals surface area (Å²) >= 11 is 0. The Kier molecular flexibility index (Phi) is 8.26. The molecule has 0 radical (unpaired) electrons. The number of halogens is 1. The summed E-state index contributed by atoms with van der Waals surface area (Å²) < 4.78 is 5.44. The lowest BCUT2D eigenvalue weighted by Gasteiger charge is -2.47. The molecule has 2 bridgehead atoms. The molecule has 4 aliphatic rings. The SMILES string of the molecule is I.c1coc(CCNC(=NCC2CN3CCN2CC3)NC2CCCCC2)c1. The number of nitrogens with zero attached hydrogens (tertiary/aromatic N) is 3. The van der Waals surface area contributed by atoms with E-state index in [4.69, 9.17) is 9.41 Å². The second-order valence-corrected chi connectivity index (χ2v) is 7.92. The van der Waals surface area contributed by atoms with E-state index < -0.39 is 0 Å². The molecule has 27 heavy (non-hydrogen) atoms. The van der Waals surface area contributed by atoms with Crippen molar-refractivity contribution < 1.29 is 4.42 Å². The molecule has 3 saturated heterocycles. The maximum absolute atomic E-state index is 5.44. The molecule has 4 heterocycles. The fourth-order valence-electron chi connectivity index (χ4n) is 4.45. The predicted octanol–water partition coefficient (Wildman–Crippen LogP) is 2.31. The number of nitrogens with one attached hydrogen (secondary N) is 2. The highest BCUT2D eigenvalue weighted by molar-refractivity contribution is 14.0. The van der Waals surface area contributed by atoms with Gasteiger partial charge in [0.2, 0.25) is 0 Å². The van der Waals surface area contributed by atoms with Gasteiger partial charge in [0, 0.05) is 57.8 Å². The second-order valence-electron chi connectivity index (χ2n) is 7.92. The van der Waals surface area contributed by atoms with Crippen molar-refractivity contribution in [3.63, 3.8) is 0 Å². The van der Waals surface area contributed by atoms with Gasteiger partial charge in [0.1, 0.15) is 5.76 Å². The zero-order valence-corrected chi connectivity index (χ0v) is 18.6. The molecule has 0 aromatic carbocycles. The molecular weight excluding hydrogens is 453 g/mol. The van der Waals surface area contributed by atoms with E-state index in [1.807, 2.05) is 12.1 Å². The van der Waals surface area contributed by atoms with E-state index in [9.17, 15) is 0 Å². The Morgan fingerprint density at radius 3 is 2.63 bits per heavy atom. The smallest absolute Gasteiger partial charge is 0.191 e. The Hall–Kier alpha value is -0.800. The summed E-state index contributed by atoms with van der Waals surface area (Å²) in [6.45, 7) is 7.79. The lowest BCUT2D eigenvalue weighted by atomic mass is 9.96. The summed E-state index contributed by atoms with van der Waals surface area (Å²) in [6, 6.07) is 5.14. The highest BCUT2D eigenvalue weighted by Gasteiger charge is 2.31. The van der Waals surface area contributed by atoms with Gasteiger partial charge in [-0.1, -0.05) is 19.3 Å². The lowest BCUT2D eigenvalue weighted by molar-refractivity contribution is 0.0174. The van der Waals surface area contributed by atoms with Crippen LogP contribution in [0.5, 0.6) is 0 Å². The quantitative estimate of drug-likeness (QED) is 0.367. The normalized spacial score (nSPS) is 28.6. The number of furan rings is 1. The van der Waals surface area contributed by atoms with Crippen LogP contribution in [-0.4, -0.2) is 73.7 Å². The zero-order chi connectivity index (χ0) is 17.6. The van der Waals surface area contributed by atoms with Gasteiger partial charge in [-0.3, -0.25) is 14.8 Å². The average molecular weight is 487 g/mol. The van der Waals surface area contributed by atoms with Crippen molar-refractivity contribution >= 4 is 29.9 Å². The van der Waals surface area contributed by atoms with Crippen molar-refractivity contribution in [3.05, 3.63) is 24.2 Å². The summed E-state index contributed by atoms with van der Waals surface area (Å²) in [5.74, 6) is 2.01. The summed E-state index contributed by atoms with van der Waals surface area (Å²) in [5.41, 5.74) is 0. The van der Waals surface area contributed by atoms with Crippen molar-refractivity contribution in [2.75, 3.05) is 45.8 Å². The maximum Gasteiger partial charge on any atom is 0.191 e. The molecule has 1 aromatic rings. The first-order chi connectivity index (χ1) is 12.9. The molecule has 1 aromatic heterocycles. The number of hydrogen-bond donors (Lipinski definition) is 2. The summed E-state index contributed by atoms with van der Waals surface area (Å²) in [7, 11) is 0. The van der Waals surface area contributed by atoms with Crippen molar-refractivity contribution in [2.45, 2.75) is 50.6 Å². The van der Waals surface area contributed by atoms with Crippen molar-refractivity contribution in [1.82, 2.24) is 20.4 Å². The Morgan fingerprint density at radius 2 is 1.96 bits per heavy atom. The summed E-state index contributed by atoms with van der Waals surface area (Å²) in [4.78, 5) is 10.2. The van der Waals surface area contributed by atoms with Crippen LogP contribution in [0.1, 0.15) is 37.9 Å². The van der Waals surface area contributed by atoms with Crippen LogP contribution in [-0.2, 0) is 6.42 Å². The minimum atomic E-state index is 0. The molecule has 1 unspecified atom stereocenters. The van der Waals surface area contributed by atoms with E-state index in [2.05, 4.69) is 20.4 Å². The Balaban J connectivity index is 0.00000210. The maximum atomic E-state index is 5.44. The van der Waals surface area contributed by atoms with Crippen LogP contribution in [0.4, 0.5) is 0 Å². The predicted molar refractivity (Wildman–Crippen MR) is 120 cm³/mol. The summed E-state index contributed by atoms with van der Waals surface area (Å²) in [5, 5.41) is 7.23. The van der Waals surface area contributed by atoms with Crippen LogP contribution in [0.2, 0.25) is 0 Å². The standard InChI is InChI=1S/C20H33N5O.HI/c1-2-5-17(6-3-1)23-20(21-9-8-19-7-4-14-26-19)22-15-18-16-24-10-12-25(18)13-11-24;/h4,7,14,17-18H,1-3,5-6,8-13,15-16H2,(H2,21,22,23);1H. The third kappa shape index (κ3) is 6.09. The number of rotatable bonds is 6. The molecule has 1 atom stereocenters. The fourth-order valence-corrected chi connectivity index (χ4v) is 4.45. The van der Waals surface area contributed by atoms with Gasteiger partial charge in [0.15, 0.2) is 5.96 Å². The highest BCUT2D eigenvalue weighted by Crippen LogP contribution is 2.18. The molecule has 3 aliphatic heterocycles. The van der Waals surface area contributed by atoms with Gasteiger partial charge in [0.25, 0.3) is 0 Å². The second kappa shape index (κ2) is 10.7. The molecule has 6 nitrogen and oxygen atoms in total. The number of guanidine groups is 1. The first kappa shape index (κ1) is 20.9. The molecular formula is C20H34IN5O. The first-order valence-corrected chi connectivity index (χ1v) is 10.4. The average Bonchev–Trinajstić information content (AvgIpc) is 3.21. The lowest BCUT2D eigenvalue weighted by Crippen LogP contribution is -2.62. The fraction of sp³-hybridized carbons (Fsp3) is 0.750. The molecule has 7 heteroatoms. The molecule has 5 rings (SSSR count). The number of aliphatic imine (C=N–C) groups is 1. The van der Waals surface area contributed by atoms with E-state index in [1.165, 1.54) is 64.8 Å². The monoisotopic (exact) mass is 487 g/mol. The van der Waals surface area contributed by atoms with Crippen LogP contribution < -0.4 is 10.6 Å². The number of piperazine rings is 3. The van der Waals surface area contributed by atoms with Crippen molar-refractivity contribution in [1.29, 1.82) is 0 Å². The van der Waals surface area contributed by atoms with Crippen LogP contribution in [0.15, 0.2) is 27.8 Å².